The number of hydrogen-bond acceptors (Lipinski definition) is 2. The monoisotopic (exact) mass is 341 g/mol. The summed E-state index contributed by atoms with van der Waals surface area (Å²) in [6.45, 7) is 7.12. The van der Waals surface area contributed by atoms with E-state index in [0.29, 0.717) is 12.3 Å². The average molecular weight is 341 g/mol. The molecule has 0 saturated carbocycles. The van der Waals surface area contributed by atoms with E-state index < -0.39 is 6.10 Å². The molecule has 0 aliphatic rings. The molecule has 2 aromatic carbocycles. The minimum Gasteiger partial charge on any atom is -0.481 e. The zero-order chi connectivity index (χ0) is 18.1. The van der Waals surface area contributed by atoms with Crippen LogP contribution in [0.25, 0.3) is 10.8 Å². The number of amides is 1. The summed E-state index contributed by atoms with van der Waals surface area (Å²) in [5.74, 6) is 1.30. The second kappa shape index (κ2) is 10.1. The van der Waals surface area contributed by atoms with Crippen LogP contribution in [0, 0.1) is 5.92 Å². The molecule has 3 heteroatoms. The zero-order valence-electron chi connectivity index (χ0n) is 15.8. The predicted octanol–water partition coefficient (Wildman–Crippen LogP) is 5.33. The van der Waals surface area contributed by atoms with Crippen molar-refractivity contribution in [2.75, 3.05) is 6.54 Å². The minimum atomic E-state index is -0.440. The fourth-order valence-corrected chi connectivity index (χ4v) is 3.03. The Morgan fingerprint density at radius 3 is 2.48 bits per heavy atom. The minimum absolute atomic E-state index is 0.00870. The van der Waals surface area contributed by atoms with Crippen LogP contribution in [0.2, 0.25) is 0 Å². The standard InChI is InChI=1S/C22H31NO2/c1-4-7-10-17(5-2)16-23-22(24)21(6-3)25-20-14-13-18-11-8-9-12-19(18)15-20/h8-9,11-15,17,21H,4-7,10,16H2,1-3H3,(H,23,24)/t17-,21-/m1/s1. The third-order valence-corrected chi connectivity index (χ3v) is 4.77. The molecule has 136 valence electrons. The van der Waals surface area contributed by atoms with Gasteiger partial charge >= 0.3 is 0 Å². The molecule has 0 aliphatic heterocycles. The van der Waals surface area contributed by atoms with Crippen molar-refractivity contribution in [2.45, 2.75) is 59.0 Å². The van der Waals surface area contributed by atoms with E-state index in [9.17, 15) is 4.79 Å². The highest BCUT2D eigenvalue weighted by Gasteiger charge is 2.19. The summed E-state index contributed by atoms with van der Waals surface area (Å²) in [7, 11) is 0. The van der Waals surface area contributed by atoms with Gasteiger partial charge in [0.1, 0.15) is 5.75 Å². The Morgan fingerprint density at radius 2 is 1.80 bits per heavy atom. The molecule has 0 radical (unpaired) electrons. The molecule has 1 amide bonds. The van der Waals surface area contributed by atoms with Crippen molar-refractivity contribution in [2.24, 2.45) is 5.92 Å². The topological polar surface area (TPSA) is 38.3 Å². The van der Waals surface area contributed by atoms with Crippen molar-refractivity contribution in [3.8, 4) is 5.75 Å². The Bertz CT molecular complexity index is 668. The number of rotatable bonds is 10. The lowest BCUT2D eigenvalue weighted by Gasteiger charge is -2.20. The van der Waals surface area contributed by atoms with Gasteiger partial charge in [-0.25, -0.2) is 0 Å². The van der Waals surface area contributed by atoms with Gasteiger partial charge in [0, 0.05) is 6.54 Å². The van der Waals surface area contributed by atoms with E-state index in [4.69, 9.17) is 4.74 Å². The first-order valence-electron chi connectivity index (χ1n) is 9.61. The Hall–Kier alpha value is -2.03. The first-order chi connectivity index (χ1) is 12.2. The lowest BCUT2D eigenvalue weighted by Crippen LogP contribution is -2.40. The molecule has 2 aromatic rings. The highest BCUT2D eigenvalue weighted by molar-refractivity contribution is 5.84. The van der Waals surface area contributed by atoms with E-state index >= 15 is 0 Å². The predicted molar refractivity (Wildman–Crippen MR) is 105 cm³/mol. The maximum atomic E-state index is 12.5. The van der Waals surface area contributed by atoms with Gasteiger partial charge in [-0.2, -0.15) is 0 Å². The maximum absolute atomic E-state index is 12.5. The van der Waals surface area contributed by atoms with Crippen LogP contribution in [0.5, 0.6) is 5.75 Å². The van der Waals surface area contributed by atoms with E-state index in [1.54, 1.807) is 0 Å². The summed E-state index contributed by atoms with van der Waals surface area (Å²) in [6, 6.07) is 14.1. The highest BCUT2D eigenvalue weighted by Crippen LogP contribution is 2.22. The molecule has 0 aliphatic carbocycles. The molecule has 0 heterocycles. The highest BCUT2D eigenvalue weighted by atomic mass is 16.5. The van der Waals surface area contributed by atoms with Crippen LogP contribution in [0.15, 0.2) is 42.5 Å². The molecule has 0 saturated heterocycles. The lowest BCUT2D eigenvalue weighted by atomic mass is 9.99. The van der Waals surface area contributed by atoms with Gasteiger partial charge in [0.15, 0.2) is 6.10 Å². The van der Waals surface area contributed by atoms with E-state index in [2.05, 4.69) is 31.3 Å². The van der Waals surface area contributed by atoms with Gasteiger partial charge < -0.3 is 10.1 Å². The normalized spacial score (nSPS) is 13.4. The number of ether oxygens (including phenoxy) is 1. The smallest absolute Gasteiger partial charge is 0.261 e. The van der Waals surface area contributed by atoms with Crippen molar-refractivity contribution in [1.82, 2.24) is 5.32 Å². The summed E-state index contributed by atoms with van der Waals surface area (Å²) in [5.41, 5.74) is 0. The third-order valence-electron chi connectivity index (χ3n) is 4.77. The summed E-state index contributed by atoms with van der Waals surface area (Å²) >= 11 is 0. The molecule has 0 unspecified atom stereocenters. The first kappa shape index (κ1) is 19.3. The van der Waals surface area contributed by atoms with E-state index in [0.717, 1.165) is 24.1 Å². The fourth-order valence-electron chi connectivity index (χ4n) is 3.03. The quantitative estimate of drug-likeness (QED) is 0.634. The van der Waals surface area contributed by atoms with Crippen molar-refractivity contribution in [3.05, 3.63) is 42.5 Å². The van der Waals surface area contributed by atoms with Gasteiger partial charge in [-0.05, 0) is 41.7 Å². The van der Waals surface area contributed by atoms with Crippen LogP contribution in [0.1, 0.15) is 52.9 Å². The van der Waals surface area contributed by atoms with Crippen LogP contribution >= 0.6 is 0 Å². The molecule has 2 rings (SSSR count). The van der Waals surface area contributed by atoms with Crippen LogP contribution in [0.4, 0.5) is 0 Å². The summed E-state index contributed by atoms with van der Waals surface area (Å²) < 4.78 is 5.97. The zero-order valence-corrected chi connectivity index (χ0v) is 15.8. The molecule has 0 fully saturated rings. The lowest BCUT2D eigenvalue weighted by molar-refractivity contribution is -0.128. The summed E-state index contributed by atoms with van der Waals surface area (Å²) in [4.78, 5) is 12.5. The SMILES string of the molecule is CCCC[C@@H](CC)CNC(=O)[C@@H](CC)Oc1ccc2ccccc2c1. The van der Waals surface area contributed by atoms with Crippen molar-refractivity contribution < 1.29 is 9.53 Å². The Balaban J connectivity index is 1.94. The molecule has 3 nitrogen and oxygen atoms in total. The Morgan fingerprint density at radius 1 is 1.04 bits per heavy atom. The summed E-state index contributed by atoms with van der Waals surface area (Å²) in [5, 5.41) is 5.39. The van der Waals surface area contributed by atoms with Gasteiger partial charge in [-0.15, -0.1) is 0 Å². The maximum Gasteiger partial charge on any atom is 0.261 e. The van der Waals surface area contributed by atoms with Gasteiger partial charge in [0.25, 0.3) is 5.91 Å². The molecule has 2 atom stereocenters. The Labute approximate surface area is 151 Å². The van der Waals surface area contributed by atoms with Gasteiger partial charge in [0.2, 0.25) is 0 Å². The molecular weight excluding hydrogens is 310 g/mol. The van der Waals surface area contributed by atoms with Crippen LogP contribution in [0.3, 0.4) is 0 Å². The number of carbonyl (C=O) groups is 1. The van der Waals surface area contributed by atoms with Crippen molar-refractivity contribution in [1.29, 1.82) is 0 Å². The molecular formula is C22H31NO2. The largest absolute Gasteiger partial charge is 0.481 e. The Kier molecular flexibility index (Phi) is 7.77. The van der Waals surface area contributed by atoms with Crippen molar-refractivity contribution >= 4 is 16.7 Å². The number of benzene rings is 2. The number of hydrogen-bond donors (Lipinski definition) is 1. The van der Waals surface area contributed by atoms with E-state index in [1.165, 1.54) is 24.6 Å². The first-order valence-corrected chi connectivity index (χ1v) is 9.61. The van der Waals surface area contributed by atoms with Gasteiger partial charge in [-0.3, -0.25) is 4.79 Å². The average Bonchev–Trinajstić information content (AvgIpc) is 2.65. The number of nitrogens with one attached hydrogen (secondary N) is 1. The van der Waals surface area contributed by atoms with E-state index in [-0.39, 0.29) is 5.91 Å². The molecule has 0 aromatic heterocycles. The number of unbranched alkanes of at least 4 members (excludes halogenated alkanes) is 1. The second-order valence-corrected chi connectivity index (χ2v) is 6.69. The van der Waals surface area contributed by atoms with Crippen LogP contribution in [-0.2, 0) is 4.79 Å². The van der Waals surface area contributed by atoms with Crippen LogP contribution in [-0.4, -0.2) is 18.6 Å². The number of carbonyl (C=O) groups excluding carboxylic acids is 1. The van der Waals surface area contributed by atoms with E-state index in [1.807, 2.05) is 37.3 Å². The van der Waals surface area contributed by atoms with Gasteiger partial charge in [-0.1, -0.05) is 70.4 Å². The fraction of sp³-hybridized carbons (Fsp3) is 0.500. The second-order valence-electron chi connectivity index (χ2n) is 6.69. The van der Waals surface area contributed by atoms with Crippen LogP contribution < -0.4 is 10.1 Å². The molecule has 0 bridgehead atoms. The number of fused-ring (bicyclic) bond motifs is 1. The van der Waals surface area contributed by atoms with Gasteiger partial charge in [0.05, 0.1) is 0 Å². The third kappa shape index (κ3) is 5.77. The molecule has 1 N–H and O–H groups in total. The van der Waals surface area contributed by atoms with Crippen molar-refractivity contribution in [3.63, 3.8) is 0 Å². The summed E-state index contributed by atoms with van der Waals surface area (Å²) in [6.07, 6.45) is 4.92. The molecule has 25 heavy (non-hydrogen) atoms. The molecule has 0 spiro atoms.